The Morgan fingerprint density at radius 1 is 1.18 bits per heavy atom. The summed E-state index contributed by atoms with van der Waals surface area (Å²) in [7, 11) is -3.05. The summed E-state index contributed by atoms with van der Waals surface area (Å²) in [5, 5.41) is 3.32. The van der Waals surface area contributed by atoms with Crippen LogP contribution < -0.4 is 5.32 Å². The molecule has 2 rings (SSSR count). The van der Waals surface area contributed by atoms with E-state index < -0.39 is 10.0 Å². The van der Waals surface area contributed by atoms with E-state index in [0.717, 1.165) is 19.4 Å². The lowest BCUT2D eigenvalue weighted by atomic mass is 10.0. The van der Waals surface area contributed by atoms with Crippen LogP contribution >= 0.6 is 0 Å². The molecule has 0 aromatic heterocycles. The largest absolute Gasteiger partial charge is 0.313 e. The molecule has 2 aliphatic heterocycles. The molecule has 2 saturated heterocycles. The Morgan fingerprint density at radius 2 is 1.82 bits per heavy atom. The summed E-state index contributed by atoms with van der Waals surface area (Å²) in [6.45, 7) is 6.65. The molecule has 3 atom stereocenters. The third kappa shape index (κ3) is 3.20. The first kappa shape index (κ1) is 13.3. The van der Waals surface area contributed by atoms with E-state index in [4.69, 9.17) is 0 Å². The van der Waals surface area contributed by atoms with Crippen molar-refractivity contribution in [2.24, 2.45) is 11.8 Å². The summed E-state index contributed by atoms with van der Waals surface area (Å²) >= 11 is 0. The Kier molecular flexibility index (Phi) is 4.10. The molecule has 0 aliphatic carbocycles. The van der Waals surface area contributed by atoms with Gasteiger partial charge in [0, 0.05) is 19.1 Å². The van der Waals surface area contributed by atoms with Crippen LogP contribution in [0.15, 0.2) is 0 Å². The smallest absolute Gasteiger partial charge is 0.215 e. The van der Waals surface area contributed by atoms with E-state index in [1.165, 1.54) is 6.42 Å². The summed E-state index contributed by atoms with van der Waals surface area (Å²) < 4.78 is 26.2. The molecule has 0 aromatic rings. The zero-order valence-electron chi connectivity index (χ0n) is 10.9. The Morgan fingerprint density at radius 3 is 2.35 bits per heavy atom. The zero-order valence-corrected chi connectivity index (χ0v) is 11.7. The van der Waals surface area contributed by atoms with Crippen molar-refractivity contribution in [3.05, 3.63) is 0 Å². The van der Waals surface area contributed by atoms with Crippen LogP contribution in [0.4, 0.5) is 0 Å². The fourth-order valence-electron chi connectivity index (χ4n) is 2.73. The molecule has 0 bridgehead atoms. The molecule has 0 amide bonds. The van der Waals surface area contributed by atoms with Crippen LogP contribution in [0, 0.1) is 11.8 Å². The maximum Gasteiger partial charge on any atom is 0.215 e. The van der Waals surface area contributed by atoms with Crippen molar-refractivity contribution < 1.29 is 8.42 Å². The van der Waals surface area contributed by atoms with Gasteiger partial charge in [0.1, 0.15) is 0 Å². The third-order valence-corrected chi connectivity index (χ3v) is 6.08. The highest BCUT2D eigenvalue weighted by Gasteiger charge is 2.35. The van der Waals surface area contributed by atoms with Crippen LogP contribution in [-0.2, 0) is 10.0 Å². The van der Waals surface area contributed by atoms with Crippen LogP contribution in [0.2, 0.25) is 0 Å². The van der Waals surface area contributed by atoms with Gasteiger partial charge in [-0.05, 0) is 31.2 Å². The monoisotopic (exact) mass is 260 g/mol. The van der Waals surface area contributed by atoms with Crippen molar-refractivity contribution in [3.8, 4) is 0 Å². The maximum atomic E-state index is 12.3. The normalized spacial score (nSPS) is 36.2. The Bertz CT molecular complexity index is 340. The Balaban J connectivity index is 1.94. The molecule has 5 heteroatoms. The Hall–Kier alpha value is -0.130. The fourth-order valence-corrected chi connectivity index (χ4v) is 4.66. The zero-order chi connectivity index (χ0) is 12.5. The molecule has 0 spiro atoms. The maximum absolute atomic E-state index is 12.3. The van der Waals surface area contributed by atoms with Gasteiger partial charge in [-0.3, -0.25) is 0 Å². The molecule has 0 aromatic carbocycles. The second kappa shape index (κ2) is 5.24. The quantitative estimate of drug-likeness (QED) is 0.825. The van der Waals surface area contributed by atoms with Crippen LogP contribution in [0.25, 0.3) is 0 Å². The van der Waals surface area contributed by atoms with E-state index in [9.17, 15) is 8.42 Å². The van der Waals surface area contributed by atoms with Crippen molar-refractivity contribution in [3.63, 3.8) is 0 Å². The molecular weight excluding hydrogens is 236 g/mol. The average Bonchev–Trinajstić information content (AvgIpc) is 2.61. The van der Waals surface area contributed by atoms with Crippen LogP contribution in [-0.4, -0.2) is 44.2 Å². The van der Waals surface area contributed by atoms with E-state index in [2.05, 4.69) is 19.2 Å². The molecule has 4 nitrogen and oxygen atoms in total. The highest BCUT2D eigenvalue weighted by Crippen LogP contribution is 2.25. The van der Waals surface area contributed by atoms with E-state index in [1.807, 2.05) is 0 Å². The minimum Gasteiger partial charge on any atom is -0.313 e. The highest BCUT2D eigenvalue weighted by atomic mass is 32.2. The first-order chi connectivity index (χ1) is 7.99. The minimum absolute atomic E-state index is 0.167. The molecule has 2 fully saturated rings. The summed E-state index contributed by atoms with van der Waals surface area (Å²) in [6, 6.07) is 0.167. The van der Waals surface area contributed by atoms with E-state index in [0.29, 0.717) is 24.9 Å². The second-order valence-electron chi connectivity index (χ2n) is 5.70. The topological polar surface area (TPSA) is 49.4 Å². The van der Waals surface area contributed by atoms with Gasteiger partial charge in [0.25, 0.3) is 0 Å². The van der Waals surface area contributed by atoms with Gasteiger partial charge in [-0.2, -0.15) is 0 Å². The molecule has 2 heterocycles. The van der Waals surface area contributed by atoms with Gasteiger partial charge in [-0.15, -0.1) is 0 Å². The number of hydrogen-bond donors (Lipinski definition) is 1. The lowest BCUT2D eigenvalue weighted by Crippen LogP contribution is -2.43. The van der Waals surface area contributed by atoms with E-state index >= 15 is 0 Å². The van der Waals surface area contributed by atoms with Gasteiger partial charge in [0.2, 0.25) is 10.0 Å². The van der Waals surface area contributed by atoms with Crippen LogP contribution in [0.1, 0.15) is 33.1 Å². The Labute approximate surface area is 105 Å². The van der Waals surface area contributed by atoms with Crippen molar-refractivity contribution in [1.29, 1.82) is 0 Å². The number of rotatable bonds is 3. The number of hydrogen-bond acceptors (Lipinski definition) is 3. The number of piperidine rings is 1. The number of nitrogens with one attached hydrogen (secondary N) is 1. The predicted molar refractivity (Wildman–Crippen MR) is 69.3 cm³/mol. The van der Waals surface area contributed by atoms with Crippen molar-refractivity contribution in [2.75, 3.05) is 25.4 Å². The van der Waals surface area contributed by atoms with Gasteiger partial charge in [-0.1, -0.05) is 20.3 Å². The molecule has 17 heavy (non-hydrogen) atoms. The average molecular weight is 260 g/mol. The molecule has 2 aliphatic rings. The first-order valence-corrected chi connectivity index (χ1v) is 8.31. The van der Waals surface area contributed by atoms with Gasteiger partial charge in [0.05, 0.1) is 5.75 Å². The van der Waals surface area contributed by atoms with E-state index in [1.54, 1.807) is 4.31 Å². The van der Waals surface area contributed by atoms with E-state index in [-0.39, 0.29) is 11.8 Å². The molecule has 3 unspecified atom stereocenters. The van der Waals surface area contributed by atoms with Gasteiger partial charge < -0.3 is 5.32 Å². The SMILES string of the molecule is CC1CN(S(=O)(=O)CC2CCCCN2)CC1C. The van der Waals surface area contributed by atoms with Crippen molar-refractivity contribution in [2.45, 2.75) is 39.2 Å². The molecule has 0 saturated carbocycles. The number of sulfonamides is 1. The first-order valence-electron chi connectivity index (χ1n) is 6.70. The van der Waals surface area contributed by atoms with Gasteiger partial charge in [0.15, 0.2) is 0 Å². The highest BCUT2D eigenvalue weighted by molar-refractivity contribution is 7.89. The summed E-state index contributed by atoms with van der Waals surface area (Å²) in [4.78, 5) is 0. The lowest BCUT2D eigenvalue weighted by molar-refractivity contribution is 0.407. The van der Waals surface area contributed by atoms with Gasteiger partial charge >= 0.3 is 0 Å². The van der Waals surface area contributed by atoms with Crippen molar-refractivity contribution in [1.82, 2.24) is 9.62 Å². The van der Waals surface area contributed by atoms with Crippen molar-refractivity contribution >= 4 is 10.0 Å². The third-order valence-electron chi connectivity index (χ3n) is 4.17. The molecular formula is C12H24N2O2S. The molecule has 100 valence electrons. The summed E-state index contributed by atoms with van der Waals surface area (Å²) in [5.74, 6) is 1.26. The van der Waals surface area contributed by atoms with Crippen LogP contribution in [0.3, 0.4) is 0 Å². The fraction of sp³-hybridized carbons (Fsp3) is 1.00. The predicted octanol–water partition coefficient (Wildman–Crippen LogP) is 1.05. The molecule has 0 radical (unpaired) electrons. The minimum atomic E-state index is -3.05. The lowest BCUT2D eigenvalue weighted by Gasteiger charge is -2.25. The summed E-state index contributed by atoms with van der Waals surface area (Å²) in [6.07, 6.45) is 3.33. The summed E-state index contributed by atoms with van der Waals surface area (Å²) in [5.41, 5.74) is 0. The second-order valence-corrected chi connectivity index (χ2v) is 7.71. The standard InChI is InChI=1S/C12H24N2O2S/c1-10-7-14(8-11(10)2)17(15,16)9-12-5-3-4-6-13-12/h10-13H,3-9H2,1-2H3. The van der Waals surface area contributed by atoms with Crippen LogP contribution in [0.5, 0.6) is 0 Å². The number of nitrogens with zero attached hydrogens (tertiary/aromatic N) is 1. The molecule has 1 N–H and O–H groups in total. The van der Waals surface area contributed by atoms with Gasteiger partial charge in [-0.25, -0.2) is 12.7 Å².